The van der Waals surface area contributed by atoms with Crippen LogP contribution in [-0.4, -0.2) is 22.9 Å². The van der Waals surface area contributed by atoms with Gasteiger partial charge in [0.25, 0.3) is 0 Å². The van der Waals surface area contributed by atoms with E-state index in [1.165, 1.54) is 5.56 Å². The first-order chi connectivity index (χ1) is 6.83. The highest BCUT2D eigenvalue weighted by Crippen LogP contribution is 2.07. The van der Waals surface area contributed by atoms with Gasteiger partial charge in [0.2, 0.25) is 0 Å². The Bertz CT molecular complexity index is 233. The van der Waals surface area contributed by atoms with Crippen molar-refractivity contribution in [1.29, 1.82) is 0 Å². The first kappa shape index (κ1) is 11.2. The average Bonchev–Trinajstić information content (AvgIpc) is 2.25. The van der Waals surface area contributed by atoms with E-state index < -0.39 is 6.10 Å². The van der Waals surface area contributed by atoms with Crippen LogP contribution >= 0.6 is 0 Å². The summed E-state index contributed by atoms with van der Waals surface area (Å²) in [5.41, 5.74) is 1.34. The minimum Gasteiger partial charge on any atom is -0.394 e. The molecule has 14 heavy (non-hydrogen) atoms. The largest absolute Gasteiger partial charge is 0.394 e. The van der Waals surface area contributed by atoms with Gasteiger partial charge in [-0.05, 0) is 24.8 Å². The second kappa shape index (κ2) is 6.57. The topological polar surface area (TPSA) is 40.5 Å². The Hall–Kier alpha value is -0.860. The highest BCUT2D eigenvalue weighted by atomic mass is 16.3. The predicted octanol–water partition coefficient (Wildman–Crippen LogP) is 1.75. The molecular formula is C12H18O2. The molecule has 0 fully saturated rings. The van der Waals surface area contributed by atoms with E-state index in [2.05, 4.69) is 12.1 Å². The molecule has 0 radical (unpaired) electrons. The summed E-state index contributed by atoms with van der Waals surface area (Å²) >= 11 is 0. The van der Waals surface area contributed by atoms with E-state index in [0.717, 1.165) is 19.3 Å². The zero-order valence-corrected chi connectivity index (χ0v) is 8.39. The Balaban J connectivity index is 2.10. The molecule has 2 N–H and O–H groups in total. The van der Waals surface area contributed by atoms with Crippen molar-refractivity contribution in [3.63, 3.8) is 0 Å². The van der Waals surface area contributed by atoms with Crippen molar-refractivity contribution < 1.29 is 10.2 Å². The molecule has 0 spiro atoms. The Morgan fingerprint density at radius 1 is 1.07 bits per heavy atom. The van der Waals surface area contributed by atoms with Gasteiger partial charge in [-0.3, -0.25) is 0 Å². The van der Waals surface area contributed by atoms with Crippen LogP contribution in [-0.2, 0) is 6.42 Å². The molecule has 2 nitrogen and oxygen atoms in total. The van der Waals surface area contributed by atoms with E-state index in [4.69, 9.17) is 10.2 Å². The summed E-state index contributed by atoms with van der Waals surface area (Å²) in [6.07, 6.45) is 3.26. The molecule has 2 heteroatoms. The van der Waals surface area contributed by atoms with Crippen LogP contribution in [0.3, 0.4) is 0 Å². The van der Waals surface area contributed by atoms with Crippen LogP contribution < -0.4 is 0 Å². The van der Waals surface area contributed by atoms with Gasteiger partial charge in [-0.15, -0.1) is 0 Å². The summed E-state index contributed by atoms with van der Waals surface area (Å²) in [5, 5.41) is 17.7. The number of aliphatic hydroxyl groups is 2. The van der Waals surface area contributed by atoms with E-state index in [-0.39, 0.29) is 6.61 Å². The van der Waals surface area contributed by atoms with Gasteiger partial charge < -0.3 is 10.2 Å². The third-order valence-electron chi connectivity index (χ3n) is 2.31. The summed E-state index contributed by atoms with van der Waals surface area (Å²) in [7, 11) is 0. The minimum atomic E-state index is -0.536. The molecule has 0 aliphatic carbocycles. The number of unbranched alkanes of at least 4 members (excludes halogenated alkanes) is 1. The standard InChI is InChI=1S/C12H18O2/c13-10-12(14)9-5-4-8-11-6-2-1-3-7-11/h1-3,6-7,12-14H,4-5,8-10H2/t12-/m0/s1. The number of hydrogen-bond donors (Lipinski definition) is 2. The van der Waals surface area contributed by atoms with Crippen LogP contribution in [0.2, 0.25) is 0 Å². The van der Waals surface area contributed by atoms with Gasteiger partial charge in [-0.2, -0.15) is 0 Å². The first-order valence-electron chi connectivity index (χ1n) is 5.16. The number of hydrogen-bond acceptors (Lipinski definition) is 2. The molecule has 0 bridgehead atoms. The van der Waals surface area contributed by atoms with Gasteiger partial charge in [0, 0.05) is 0 Å². The Kier molecular flexibility index (Phi) is 5.27. The van der Waals surface area contributed by atoms with Crippen LogP contribution in [0, 0.1) is 0 Å². The first-order valence-corrected chi connectivity index (χ1v) is 5.16. The average molecular weight is 194 g/mol. The molecule has 0 aromatic heterocycles. The van der Waals surface area contributed by atoms with Crippen molar-refractivity contribution in [2.75, 3.05) is 6.61 Å². The Labute approximate surface area is 85.2 Å². The molecule has 1 rings (SSSR count). The smallest absolute Gasteiger partial charge is 0.0770 e. The lowest BCUT2D eigenvalue weighted by Gasteiger charge is -2.06. The molecule has 0 saturated heterocycles. The summed E-state index contributed by atoms with van der Waals surface area (Å²) in [6, 6.07) is 10.3. The zero-order chi connectivity index (χ0) is 10.2. The maximum atomic E-state index is 9.11. The van der Waals surface area contributed by atoms with E-state index in [9.17, 15) is 0 Å². The van der Waals surface area contributed by atoms with Crippen LogP contribution in [0.15, 0.2) is 30.3 Å². The lowest BCUT2D eigenvalue weighted by molar-refractivity contribution is 0.0862. The fourth-order valence-corrected chi connectivity index (χ4v) is 1.45. The molecule has 1 aromatic rings. The Morgan fingerprint density at radius 3 is 2.43 bits per heavy atom. The summed E-state index contributed by atoms with van der Waals surface area (Å²) in [5.74, 6) is 0. The second-order valence-corrected chi connectivity index (χ2v) is 3.57. The van der Waals surface area contributed by atoms with E-state index in [0.29, 0.717) is 6.42 Å². The van der Waals surface area contributed by atoms with Crippen LogP contribution in [0.25, 0.3) is 0 Å². The summed E-state index contributed by atoms with van der Waals surface area (Å²) < 4.78 is 0. The SMILES string of the molecule is OC[C@@H](O)CCCCc1ccccc1. The molecule has 78 valence electrons. The van der Waals surface area contributed by atoms with Crippen molar-refractivity contribution in [2.45, 2.75) is 31.8 Å². The monoisotopic (exact) mass is 194 g/mol. The van der Waals surface area contributed by atoms with Gasteiger partial charge in [-0.25, -0.2) is 0 Å². The third-order valence-corrected chi connectivity index (χ3v) is 2.31. The van der Waals surface area contributed by atoms with Crippen LogP contribution in [0.4, 0.5) is 0 Å². The van der Waals surface area contributed by atoms with E-state index in [1.807, 2.05) is 18.2 Å². The zero-order valence-electron chi connectivity index (χ0n) is 8.39. The number of aryl methyl sites for hydroxylation is 1. The molecule has 0 unspecified atom stereocenters. The molecular weight excluding hydrogens is 176 g/mol. The van der Waals surface area contributed by atoms with Crippen molar-refractivity contribution in [1.82, 2.24) is 0 Å². The van der Waals surface area contributed by atoms with Gasteiger partial charge in [0.15, 0.2) is 0 Å². The maximum Gasteiger partial charge on any atom is 0.0770 e. The highest BCUT2D eigenvalue weighted by molar-refractivity contribution is 5.14. The van der Waals surface area contributed by atoms with E-state index in [1.54, 1.807) is 0 Å². The molecule has 1 aromatic carbocycles. The summed E-state index contributed by atoms with van der Waals surface area (Å²) in [6.45, 7) is -0.120. The maximum absolute atomic E-state index is 9.11. The van der Waals surface area contributed by atoms with E-state index >= 15 is 0 Å². The van der Waals surface area contributed by atoms with Crippen molar-refractivity contribution >= 4 is 0 Å². The molecule has 0 saturated carbocycles. The fraction of sp³-hybridized carbons (Fsp3) is 0.500. The lowest BCUT2D eigenvalue weighted by Crippen LogP contribution is -2.11. The quantitative estimate of drug-likeness (QED) is 0.677. The normalized spacial score (nSPS) is 12.7. The number of aliphatic hydroxyl groups excluding tert-OH is 2. The molecule has 0 amide bonds. The third kappa shape index (κ3) is 4.40. The van der Waals surface area contributed by atoms with Gasteiger partial charge in [0.1, 0.15) is 0 Å². The molecule has 0 aliphatic rings. The number of rotatable bonds is 6. The van der Waals surface area contributed by atoms with Crippen LogP contribution in [0.5, 0.6) is 0 Å². The van der Waals surface area contributed by atoms with Gasteiger partial charge in [0.05, 0.1) is 12.7 Å². The van der Waals surface area contributed by atoms with Crippen molar-refractivity contribution in [3.05, 3.63) is 35.9 Å². The molecule has 1 atom stereocenters. The van der Waals surface area contributed by atoms with Gasteiger partial charge >= 0.3 is 0 Å². The highest BCUT2D eigenvalue weighted by Gasteiger charge is 2.00. The van der Waals surface area contributed by atoms with Crippen LogP contribution in [0.1, 0.15) is 24.8 Å². The second-order valence-electron chi connectivity index (χ2n) is 3.57. The molecule has 0 aliphatic heterocycles. The van der Waals surface area contributed by atoms with Crippen molar-refractivity contribution in [2.24, 2.45) is 0 Å². The lowest BCUT2D eigenvalue weighted by atomic mass is 10.1. The predicted molar refractivity (Wildman–Crippen MR) is 57.1 cm³/mol. The summed E-state index contributed by atoms with van der Waals surface area (Å²) in [4.78, 5) is 0. The minimum absolute atomic E-state index is 0.120. The number of benzene rings is 1. The fourth-order valence-electron chi connectivity index (χ4n) is 1.45. The molecule has 0 heterocycles. The Morgan fingerprint density at radius 2 is 1.79 bits per heavy atom. The van der Waals surface area contributed by atoms with Gasteiger partial charge in [-0.1, -0.05) is 36.8 Å². The van der Waals surface area contributed by atoms with Crippen molar-refractivity contribution in [3.8, 4) is 0 Å².